The Morgan fingerprint density at radius 2 is 2.05 bits per heavy atom. The normalized spacial score (nSPS) is 12.3. The van der Waals surface area contributed by atoms with E-state index in [4.69, 9.17) is 4.74 Å². The van der Waals surface area contributed by atoms with Crippen molar-refractivity contribution in [2.45, 2.75) is 33.3 Å². The van der Waals surface area contributed by atoms with Crippen molar-refractivity contribution in [3.63, 3.8) is 0 Å². The zero-order valence-corrected chi connectivity index (χ0v) is 11.1. The summed E-state index contributed by atoms with van der Waals surface area (Å²) in [4.78, 5) is 21.5. The monoisotopic (exact) mass is 269 g/mol. The Labute approximate surface area is 110 Å². The number of halogens is 1. The summed E-state index contributed by atoms with van der Waals surface area (Å²) in [5, 5.41) is 10.6. The predicted molar refractivity (Wildman–Crippen MR) is 67.4 cm³/mol. The molecule has 0 fully saturated rings. The van der Waals surface area contributed by atoms with E-state index in [-0.39, 0.29) is 11.7 Å². The molecule has 1 unspecified atom stereocenters. The van der Waals surface area contributed by atoms with Crippen molar-refractivity contribution in [1.29, 1.82) is 0 Å². The molecule has 1 aromatic rings. The van der Waals surface area contributed by atoms with Gasteiger partial charge >= 0.3 is 11.7 Å². The molecular formula is C13H16FNO4. The molecule has 0 aliphatic rings. The summed E-state index contributed by atoms with van der Waals surface area (Å²) in [5.74, 6) is -1.29. The molecule has 0 N–H and O–H groups in total. The fourth-order valence-electron chi connectivity index (χ4n) is 1.74. The molecule has 5 nitrogen and oxygen atoms in total. The Hall–Kier alpha value is -1.98. The second kappa shape index (κ2) is 6.26. The van der Waals surface area contributed by atoms with Gasteiger partial charge < -0.3 is 4.74 Å². The van der Waals surface area contributed by atoms with Crippen molar-refractivity contribution >= 4 is 11.7 Å². The third-order valence-electron chi connectivity index (χ3n) is 2.49. The quantitative estimate of drug-likeness (QED) is 0.467. The lowest BCUT2D eigenvalue weighted by Gasteiger charge is -2.15. The molecule has 1 aromatic carbocycles. The highest BCUT2D eigenvalue weighted by atomic mass is 19.1. The van der Waals surface area contributed by atoms with E-state index < -0.39 is 22.4 Å². The minimum atomic E-state index is -0.975. The number of carbonyl (C=O) groups is 1. The Kier molecular flexibility index (Phi) is 4.97. The van der Waals surface area contributed by atoms with Crippen LogP contribution >= 0.6 is 0 Å². The average Bonchev–Trinajstić information content (AvgIpc) is 2.27. The van der Waals surface area contributed by atoms with Gasteiger partial charge in [-0.1, -0.05) is 13.8 Å². The van der Waals surface area contributed by atoms with Crippen LogP contribution in [0.4, 0.5) is 10.1 Å². The molecule has 0 heterocycles. The number of rotatable bonds is 5. The van der Waals surface area contributed by atoms with E-state index in [9.17, 15) is 19.3 Å². The van der Waals surface area contributed by atoms with Crippen LogP contribution in [0.15, 0.2) is 18.2 Å². The first-order valence-corrected chi connectivity index (χ1v) is 5.96. The first-order chi connectivity index (χ1) is 8.81. The van der Waals surface area contributed by atoms with E-state index in [1.54, 1.807) is 6.92 Å². The van der Waals surface area contributed by atoms with E-state index in [1.807, 2.05) is 13.8 Å². The SMILES string of the molecule is CC(C)CC(C)OC(=O)c1ccc(F)c([N+](=O)[O-])c1. The van der Waals surface area contributed by atoms with Crippen LogP contribution in [0.25, 0.3) is 0 Å². The Morgan fingerprint density at radius 3 is 2.58 bits per heavy atom. The van der Waals surface area contributed by atoms with Crippen LogP contribution in [0.2, 0.25) is 0 Å². The molecule has 0 amide bonds. The molecule has 6 heteroatoms. The summed E-state index contributed by atoms with van der Waals surface area (Å²) >= 11 is 0. The molecule has 0 saturated heterocycles. The van der Waals surface area contributed by atoms with Gasteiger partial charge in [0.2, 0.25) is 5.82 Å². The maximum Gasteiger partial charge on any atom is 0.338 e. The van der Waals surface area contributed by atoms with Crippen molar-refractivity contribution in [2.24, 2.45) is 5.92 Å². The van der Waals surface area contributed by atoms with Gasteiger partial charge in [-0.15, -0.1) is 0 Å². The number of nitro benzene ring substituents is 1. The predicted octanol–water partition coefficient (Wildman–Crippen LogP) is 3.33. The summed E-state index contributed by atoms with van der Waals surface area (Å²) in [7, 11) is 0. The molecule has 1 atom stereocenters. The number of carbonyl (C=O) groups excluding carboxylic acids is 1. The lowest BCUT2D eigenvalue weighted by molar-refractivity contribution is -0.387. The Bertz CT molecular complexity index is 488. The molecule has 1 rings (SSSR count). The standard InChI is InChI=1S/C13H16FNO4/c1-8(2)6-9(3)19-13(16)10-4-5-11(14)12(7-10)15(17)18/h4-5,7-9H,6H2,1-3H3. The van der Waals surface area contributed by atoms with Crippen LogP contribution in [0.5, 0.6) is 0 Å². The highest BCUT2D eigenvalue weighted by Crippen LogP contribution is 2.20. The van der Waals surface area contributed by atoms with Crippen molar-refractivity contribution in [2.75, 3.05) is 0 Å². The summed E-state index contributed by atoms with van der Waals surface area (Å²) < 4.78 is 18.3. The van der Waals surface area contributed by atoms with E-state index in [1.165, 1.54) is 6.07 Å². The molecule has 0 aliphatic carbocycles. The Balaban J connectivity index is 2.83. The molecule has 0 bridgehead atoms. The number of nitro groups is 1. The van der Waals surface area contributed by atoms with E-state index >= 15 is 0 Å². The van der Waals surface area contributed by atoms with Crippen LogP contribution in [-0.2, 0) is 4.74 Å². The highest BCUT2D eigenvalue weighted by molar-refractivity contribution is 5.90. The van der Waals surface area contributed by atoms with Gasteiger partial charge in [0.25, 0.3) is 0 Å². The minimum Gasteiger partial charge on any atom is -0.459 e. The van der Waals surface area contributed by atoms with Gasteiger partial charge in [0, 0.05) is 6.07 Å². The zero-order valence-electron chi connectivity index (χ0n) is 11.1. The number of esters is 1. The zero-order chi connectivity index (χ0) is 14.6. The number of hydrogen-bond acceptors (Lipinski definition) is 4. The summed E-state index contributed by atoms with van der Waals surface area (Å²) in [5.41, 5.74) is -0.755. The molecule has 0 radical (unpaired) electrons. The van der Waals surface area contributed by atoms with Gasteiger partial charge in [-0.05, 0) is 31.4 Å². The lowest BCUT2D eigenvalue weighted by atomic mass is 10.1. The molecule has 0 aromatic heterocycles. The molecule has 19 heavy (non-hydrogen) atoms. The fraction of sp³-hybridized carbons (Fsp3) is 0.462. The van der Waals surface area contributed by atoms with Gasteiger partial charge in [0.1, 0.15) is 0 Å². The molecule has 0 aliphatic heterocycles. The van der Waals surface area contributed by atoms with E-state index in [0.29, 0.717) is 12.3 Å². The molecular weight excluding hydrogens is 253 g/mol. The maximum absolute atomic E-state index is 13.1. The third-order valence-corrected chi connectivity index (χ3v) is 2.49. The van der Waals surface area contributed by atoms with Crippen LogP contribution in [0.3, 0.4) is 0 Å². The second-order valence-electron chi connectivity index (χ2n) is 4.77. The largest absolute Gasteiger partial charge is 0.459 e. The fourth-order valence-corrected chi connectivity index (χ4v) is 1.74. The number of ether oxygens (including phenoxy) is 1. The van der Waals surface area contributed by atoms with Crippen LogP contribution in [-0.4, -0.2) is 17.0 Å². The van der Waals surface area contributed by atoms with Crippen molar-refractivity contribution in [3.8, 4) is 0 Å². The van der Waals surface area contributed by atoms with Gasteiger partial charge in [0.15, 0.2) is 0 Å². The molecule has 0 spiro atoms. The van der Waals surface area contributed by atoms with Crippen molar-refractivity contribution in [1.82, 2.24) is 0 Å². The van der Waals surface area contributed by atoms with Gasteiger partial charge in [-0.2, -0.15) is 4.39 Å². The summed E-state index contributed by atoms with van der Waals surface area (Å²) in [6, 6.07) is 2.95. The van der Waals surface area contributed by atoms with Crippen LogP contribution in [0, 0.1) is 21.8 Å². The van der Waals surface area contributed by atoms with E-state index in [0.717, 1.165) is 12.1 Å². The van der Waals surface area contributed by atoms with Gasteiger partial charge in [-0.25, -0.2) is 4.79 Å². The van der Waals surface area contributed by atoms with Crippen LogP contribution < -0.4 is 0 Å². The average molecular weight is 269 g/mol. The Morgan fingerprint density at radius 1 is 1.42 bits per heavy atom. The first kappa shape index (κ1) is 15.1. The third kappa shape index (κ3) is 4.31. The lowest BCUT2D eigenvalue weighted by Crippen LogP contribution is -2.17. The number of nitrogens with zero attached hydrogens (tertiary/aromatic N) is 1. The van der Waals surface area contributed by atoms with Crippen molar-refractivity contribution < 1.29 is 18.8 Å². The van der Waals surface area contributed by atoms with Crippen molar-refractivity contribution in [3.05, 3.63) is 39.7 Å². The number of hydrogen-bond donors (Lipinski definition) is 0. The highest BCUT2D eigenvalue weighted by Gasteiger charge is 2.19. The van der Waals surface area contributed by atoms with E-state index in [2.05, 4.69) is 0 Å². The topological polar surface area (TPSA) is 69.4 Å². The first-order valence-electron chi connectivity index (χ1n) is 5.96. The maximum atomic E-state index is 13.1. The summed E-state index contributed by atoms with van der Waals surface area (Å²) in [6.07, 6.45) is 0.395. The van der Waals surface area contributed by atoms with Crippen LogP contribution in [0.1, 0.15) is 37.6 Å². The minimum absolute atomic E-state index is 0.0243. The summed E-state index contributed by atoms with van der Waals surface area (Å²) in [6.45, 7) is 5.73. The van der Waals surface area contributed by atoms with Gasteiger partial charge in [0.05, 0.1) is 16.6 Å². The number of benzene rings is 1. The van der Waals surface area contributed by atoms with Gasteiger partial charge in [-0.3, -0.25) is 10.1 Å². The molecule has 104 valence electrons. The second-order valence-corrected chi connectivity index (χ2v) is 4.77. The smallest absolute Gasteiger partial charge is 0.338 e. The molecule has 0 saturated carbocycles.